The second-order valence-electron chi connectivity index (χ2n) is 5.82. The Labute approximate surface area is 116 Å². The average molecular weight is 291 g/mol. The molecule has 2 atom stereocenters. The van der Waals surface area contributed by atoms with Gasteiger partial charge in [-0.25, -0.2) is 0 Å². The normalized spacial score (nSPS) is 31.2. The maximum atomic E-state index is 12.6. The molecule has 2 saturated heterocycles. The van der Waals surface area contributed by atoms with Crippen LogP contribution in [0, 0.1) is 5.92 Å². The SMILES string of the molecule is CN(C)C1CCN(S(=O)(=O)N2CCCC(CO)C2)C1. The van der Waals surface area contributed by atoms with E-state index < -0.39 is 10.2 Å². The lowest BCUT2D eigenvalue weighted by Gasteiger charge is -2.33. The van der Waals surface area contributed by atoms with Crippen molar-refractivity contribution in [1.82, 2.24) is 13.5 Å². The van der Waals surface area contributed by atoms with Gasteiger partial charge in [0, 0.05) is 38.8 Å². The largest absolute Gasteiger partial charge is 0.396 e. The van der Waals surface area contributed by atoms with Crippen LogP contribution in [0.25, 0.3) is 0 Å². The van der Waals surface area contributed by atoms with Crippen molar-refractivity contribution >= 4 is 10.2 Å². The maximum absolute atomic E-state index is 12.6. The molecule has 0 saturated carbocycles. The summed E-state index contributed by atoms with van der Waals surface area (Å²) in [5.74, 6) is 0.0933. The topological polar surface area (TPSA) is 64.1 Å². The van der Waals surface area contributed by atoms with Crippen LogP contribution in [0.15, 0.2) is 0 Å². The third-order valence-corrected chi connectivity index (χ3v) is 6.22. The zero-order valence-electron chi connectivity index (χ0n) is 11.8. The molecule has 0 spiro atoms. The zero-order valence-corrected chi connectivity index (χ0v) is 12.6. The molecule has 0 aromatic rings. The Kier molecular flexibility index (Phi) is 4.84. The Morgan fingerprint density at radius 2 is 1.84 bits per heavy atom. The molecule has 0 radical (unpaired) electrons. The number of nitrogens with zero attached hydrogens (tertiary/aromatic N) is 3. The molecule has 2 unspecified atom stereocenters. The average Bonchev–Trinajstić information content (AvgIpc) is 2.89. The van der Waals surface area contributed by atoms with Crippen molar-refractivity contribution in [2.75, 3.05) is 46.9 Å². The van der Waals surface area contributed by atoms with Crippen LogP contribution in [-0.4, -0.2) is 80.0 Å². The van der Waals surface area contributed by atoms with E-state index in [-0.39, 0.29) is 12.5 Å². The summed E-state index contributed by atoms with van der Waals surface area (Å²) in [6.07, 6.45) is 2.65. The molecule has 0 bridgehead atoms. The molecule has 19 heavy (non-hydrogen) atoms. The summed E-state index contributed by atoms with van der Waals surface area (Å²) in [5.41, 5.74) is 0. The van der Waals surface area contributed by atoms with Crippen molar-refractivity contribution in [3.8, 4) is 0 Å². The van der Waals surface area contributed by atoms with Crippen molar-refractivity contribution in [3.63, 3.8) is 0 Å². The van der Waals surface area contributed by atoms with Crippen LogP contribution in [-0.2, 0) is 10.2 Å². The van der Waals surface area contributed by atoms with Gasteiger partial charge in [-0.15, -0.1) is 0 Å². The third kappa shape index (κ3) is 3.28. The van der Waals surface area contributed by atoms with E-state index in [4.69, 9.17) is 0 Å². The van der Waals surface area contributed by atoms with Crippen molar-refractivity contribution in [3.05, 3.63) is 0 Å². The Balaban J connectivity index is 2.02. The summed E-state index contributed by atoms with van der Waals surface area (Å²) in [6.45, 7) is 2.30. The second kappa shape index (κ2) is 6.05. The van der Waals surface area contributed by atoms with Crippen LogP contribution in [0.2, 0.25) is 0 Å². The van der Waals surface area contributed by atoms with Crippen LogP contribution < -0.4 is 0 Å². The molecular formula is C12H25N3O3S. The summed E-state index contributed by atoms with van der Waals surface area (Å²) in [4.78, 5) is 2.09. The lowest BCUT2D eigenvalue weighted by atomic mass is 10.0. The monoisotopic (exact) mass is 291 g/mol. The molecule has 0 aromatic heterocycles. The van der Waals surface area contributed by atoms with E-state index in [0.717, 1.165) is 19.3 Å². The summed E-state index contributed by atoms with van der Waals surface area (Å²) >= 11 is 0. The Morgan fingerprint density at radius 3 is 2.42 bits per heavy atom. The molecular weight excluding hydrogens is 266 g/mol. The fourth-order valence-corrected chi connectivity index (χ4v) is 4.67. The van der Waals surface area contributed by atoms with Gasteiger partial charge in [-0.3, -0.25) is 0 Å². The first kappa shape index (κ1) is 15.2. The number of piperidine rings is 1. The van der Waals surface area contributed by atoms with Gasteiger partial charge in [0.1, 0.15) is 0 Å². The Bertz CT molecular complexity index is 399. The molecule has 1 N–H and O–H groups in total. The van der Waals surface area contributed by atoms with Gasteiger partial charge in [0.25, 0.3) is 10.2 Å². The smallest absolute Gasteiger partial charge is 0.282 e. The third-order valence-electron chi connectivity index (χ3n) is 4.25. The van der Waals surface area contributed by atoms with Crippen LogP contribution in [0.1, 0.15) is 19.3 Å². The standard InChI is InChI=1S/C12H25N3O3S/c1-13(2)12-5-7-15(9-12)19(17,18)14-6-3-4-11(8-14)10-16/h11-12,16H,3-10H2,1-2H3. The predicted octanol–water partition coefficient (Wildman–Crippen LogP) is -0.429. The molecule has 112 valence electrons. The number of likely N-dealkylation sites (N-methyl/N-ethyl adjacent to an activating group) is 1. The predicted molar refractivity (Wildman–Crippen MR) is 74.0 cm³/mol. The van der Waals surface area contributed by atoms with Gasteiger partial charge in [-0.05, 0) is 39.3 Å². The fraction of sp³-hybridized carbons (Fsp3) is 1.00. The van der Waals surface area contributed by atoms with Crippen LogP contribution >= 0.6 is 0 Å². The first-order valence-electron chi connectivity index (χ1n) is 6.97. The number of aliphatic hydroxyl groups is 1. The zero-order chi connectivity index (χ0) is 14.0. The lowest BCUT2D eigenvalue weighted by Crippen LogP contribution is -2.48. The minimum Gasteiger partial charge on any atom is -0.396 e. The molecule has 2 fully saturated rings. The Morgan fingerprint density at radius 1 is 1.16 bits per heavy atom. The van der Waals surface area contributed by atoms with Crippen molar-refractivity contribution in [2.24, 2.45) is 5.92 Å². The van der Waals surface area contributed by atoms with Gasteiger partial charge in [0.05, 0.1) is 0 Å². The first-order chi connectivity index (χ1) is 8.95. The van der Waals surface area contributed by atoms with E-state index in [1.54, 1.807) is 8.61 Å². The van der Waals surface area contributed by atoms with E-state index in [2.05, 4.69) is 4.90 Å². The molecule has 0 aromatic carbocycles. The van der Waals surface area contributed by atoms with E-state index in [9.17, 15) is 13.5 Å². The highest BCUT2D eigenvalue weighted by molar-refractivity contribution is 7.86. The molecule has 2 aliphatic heterocycles. The molecule has 0 aliphatic carbocycles. The van der Waals surface area contributed by atoms with Crippen molar-refractivity contribution < 1.29 is 13.5 Å². The minimum atomic E-state index is -3.34. The van der Waals surface area contributed by atoms with Gasteiger partial charge >= 0.3 is 0 Å². The van der Waals surface area contributed by atoms with Gasteiger partial charge in [-0.1, -0.05) is 0 Å². The van der Waals surface area contributed by atoms with Gasteiger partial charge in [0.15, 0.2) is 0 Å². The molecule has 2 aliphatic rings. The first-order valence-corrected chi connectivity index (χ1v) is 8.37. The molecule has 0 amide bonds. The van der Waals surface area contributed by atoms with E-state index in [1.165, 1.54) is 0 Å². The molecule has 2 rings (SSSR count). The summed E-state index contributed by atoms with van der Waals surface area (Å²) < 4.78 is 28.3. The van der Waals surface area contributed by atoms with Gasteiger partial charge in [0.2, 0.25) is 0 Å². The van der Waals surface area contributed by atoms with Crippen LogP contribution in [0.5, 0.6) is 0 Å². The summed E-state index contributed by atoms with van der Waals surface area (Å²) in [5, 5.41) is 9.21. The highest BCUT2D eigenvalue weighted by Crippen LogP contribution is 2.24. The number of rotatable bonds is 4. The quantitative estimate of drug-likeness (QED) is 0.763. The minimum absolute atomic E-state index is 0.0757. The second-order valence-corrected chi connectivity index (χ2v) is 7.75. The highest BCUT2D eigenvalue weighted by Gasteiger charge is 2.37. The lowest BCUT2D eigenvalue weighted by molar-refractivity contribution is 0.161. The number of hydrogen-bond acceptors (Lipinski definition) is 4. The van der Waals surface area contributed by atoms with Crippen molar-refractivity contribution in [1.29, 1.82) is 0 Å². The molecule has 2 heterocycles. The van der Waals surface area contributed by atoms with E-state index >= 15 is 0 Å². The highest BCUT2D eigenvalue weighted by atomic mass is 32.2. The van der Waals surface area contributed by atoms with Crippen LogP contribution in [0.4, 0.5) is 0 Å². The van der Waals surface area contributed by atoms with Gasteiger partial charge < -0.3 is 10.0 Å². The van der Waals surface area contributed by atoms with Crippen LogP contribution in [0.3, 0.4) is 0 Å². The van der Waals surface area contributed by atoms with E-state index in [0.29, 0.717) is 32.2 Å². The number of hydrogen-bond donors (Lipinski definition) is 1. The summed E-state index contributed by atoms with van der Waals surface area (Å²) in [7, 11) is 0.637. The Hall–Kier alpha value is -0.210. The fourth-order valence-electron chi connectivity index (χ4n) is 2.89. The number of aliphatic hydroxyl groups excluding tert-OH is 1. The van der Waals surface area contributed by atoms with E-state index in [1.807, 2.05) is 14.1 Å². The van der Waals surface area contributed by atoms with Gasteiger partial charge in [-0.2, -0.15) is 17.0 Å². The van der Waals surface area contributed by atoms with Crippen molar-refractivity contribution in [2.45, 2.75) is 25.3 Å². The summed E-state index contributed by atoms with van der Waals surface area (Å²) in [6, 6.07) is 0.313. The molecule has 6 nitrogen and oxygen atoms in total. The molecule has 7 heteroatoms. The maximum Gasteiger partial charge on any atom is 0.282 e.